The van der Waals surface area contributed by atoms with Crippen LogP contribution in [0.2, 0.25) is 0 Å². The van der Waals surface area contributed by atoms with Crippen molar-refractivity contribution in [2.24, 2.45) is 0 Å². The SMILES string of the molecule is Nc1nccc(Cc2ccccc2)n1. The molecule has 0 aliphatic carbocycles. The molecule has 0 atom stereocenters. The number of aromatic nitrogens is 2. The first-order chi connectivity index (χ1) is 6.84. The van der Waals surface area contributed by atoms with Crippen molar-refractivity contribution in [2.75, 3.05) is 5.73 Å². The summed E-state index contributed by atoms with van der Waals surface area (Å²) in [5.41, 5.74) is 7.67. The highest BCUT2D eigenvalue weighted by Crippen LogP contribution is 2.06. The zero-order valence-electron chi connectivity index (χ0n) is 7.72. The summed E-state index contributed by atoms with van der Waals surface area (Å²) in [4.78, 5) is 7.98. The molecule has 2 aromatic rings. The summed E-state index contributed by atoms with van der Waals surface area (Å²) in [6.07, 6.45) is 2.48. The number of anilines is 1. The van der Waals surface area contributed by atoms with Gasteiger partial charge >= 0.3 is 0 Å². The largest absolute Gasteiger partial charge is 0.368 e. The molecule has 14 heavy (non-hydrogen) atoms. The maximum Gasteiger partial charge on any atom is 0.220 e. The second kappa shape index (κ2) is 3.87. The Morgan fingerprint density at radius 1 is 1.07 bits per heavy atom. The third-order valence-corrected chi connectivity index (χ3v) is 1.96. The van der Waals surface area contributed by atoms with Gasteiger partial charge in [0, 0.05) is 12.6 Å². The van der Waals surface area contributed by atoms with Gasteiger partial charge in [-0.25, -0.2) is 9.97 Å². The Bertz CT molecular complexity index is 412. The molecule has 0 spiro atoms. The van der Waals surface area contributed by atoms with E-state index in [0.29, 0.717) is 5.95 Å². The molecule has 0 saturated carbocycles. The molecule has 3 heteroatoms. The lowest BCUT2D eigenvalue weighted by Crippen LogP contribution is -1.98. The van der Waals surface area contributed by atoms with Crippen molar-refractivity contribution in [1.29, 1.82) is 0 Å². The Hall–Kier alpha value is -1.90. The predicted octanol–water partition coefficient (Wildman–Crippen LogP) is 1.65. The summed E-state index contributed by atoms with van der Waals surface area (Å²) in [6, 6.07) is 12.0. The Morgan fingerprint density at radius 3 is 2.57 bits per heavy atom. The van der Waals surface area contributed by atoms with Gasteiger partial charge in [0.15, 0.2) is 0 Å². The van der Waals surface area contributed by atoms with Crippen LogP contribution in [0.1, 0.15) is 11.3 Å². The van der Waals surface area contributed by atoms with Crippen LogP contribution < -0.4 is 5.73 Å². The fourth-order valence-corrected chi connectivity index (χ4v) is 1.32. The minimum absolute atomic E-state index is 0.332. The molecule has 0 amide bonds. The number of hydrogen-bond acceptors (Lipinski definition) is 3. The first-order valence-electron chi connectivity index (χ1n) is 4.46. The molecule has 0 aliphatic rings. The fraction of sp³-hybridized carbons (Fsp3) is 0.0909. The molecule has 1 aromatic heterocycles. The van der Waals surface area contributed by atoms with Crippen molar-refractivity contribution in [2.45, 2.75) is 6.42 Å². The van der Waals surface area contributed by atoms with E-state index < -0.39 is 0 Å². The number of nitrogens with zero attached hydrogens (tertiary/aromatic N) is 2. The summed E-state index contributed by atoms with van der Waals surface area (Å²) < 4.78 is 0. The van der Waals surface area contributed by atoms with Crippen molar-refractivity contribution in [3.8, 4) is 0 Å². The van der Waals surface area contributed by atoms with Crippen LogP contribution in [-0.2, 0) is 6.42 Å². The average Bonchev–Trinajstić information content (AvgIpc) is 2.19. The lowest BCUT2D eigenvalue weighted by atomic mass is 10.1. The Morgan fingerprint density at radius 2 is 1.86 bits per heavy atom. The second-order valence-corrected chi connectivity index (χ2v) is 3.07. The van der Waals surface area contributed by atoms with Gasteiger partial charge in [-0.15, -0.1) is 0 Å². The number of nitrogen functional groups attached to an aromatic ring is 1. The molecular formula is C11H11N3. The van der Waals surface area contributed by atoms with Gasteiger partial charge in [0.1, 0.15) is 0 Å². The molecule has 0 radical (unpaired) electrons. The smallest absolute Gasteiger partial charge is 0.220 e. The third-order valence-electron chi connectivity index (χ3n) is 1.96. The Kier molecular flexibility index (Phi) is 2.40. The highest BCUT2D eigenvalue weighted by atomic mass is 15.0. The van der Waals surface area contributed by atoms with E-state index in [1.54, 1.807) is 6.20 Å². The molecule has 0 bridgehead atoms. The van der Waals surface area contributed by atoms with Gasteiger partial charge in [-0.1, -0.05) is 30.3 Å². The van der Waals surface area contributed by atoms with Gasteiger partial charge < -0.3 is 5.73 Å². The van der Waals surface area contributed by atoms with Gasteiger partial charge in [0.2, 0.25) is 5.95 Å². The van der Waals surface area contributed by atoms with Gasteiger partial charge in [0.25, 0.3) is 0 Å². The topological polar surface area (TPSA) is 51.8 Å². The average molecular weight is 185 g/mol. The van der Waals surface area contributed by atoms with Gasteiger partial charge in [-0.3, -0.25) is 0 Å². The molecular weight excluding hydrogens is 174 g/mol. The molecule has 1 heterocycles. The maximum atomic E-state index is 5.49. The molecule has 2 rings (SSSR count). The molecule has 1 aromatic carbocycles. The minimum atomic E-state index is 0.332. The molecule has 0 fully saturated rings. The second-order valence-electron chi connectivity index (χ2n) is 3.07. The molecule has 3 nitrogen and oxygen atoms in total. The lowest BCUT2D eigenvalue weighted by Gasteiger charge is -2.00. The molecule has 0 unspecified atom stereocenters. The Balaban J connectivity index is 2.19. The summed E-state index contributed by atoms with van der Waals surface area (Å²) >= 11 is 0. The zero-order chi connectivity index (χ0) is 9.80. The molecule has 2 N–H and O–H groups in total. The number of nitrogens with two attached hydrogens (primary N) is 1. The standard InChI is InChI=1S/C11H11N3/c12-11-13-7-6-10(14-11)8-9-4-2-1-3-5-9/h1-7H,8H2,(H2,12,13,14). The highest BCUT2D eigenvalue weighted by molar-refractivity contribution is 5.24. The molecule has 0 aliphatic heterocycles. The van der Waals surface area contributed by atoms with Crippen LogP contribution in [0.5, 0.6) is 0 Å². The number of hydrogen-bond donors (Lipinski definition) is 1. The van der Waals surface area contributed by atoms with E-state index in [9.17, 15) is 0 Å². The highest BCUT2D eigenvalue weighted by Gasteiger charge is 1.97. The monoisotopic (exact) mass is 185 g/mol. The van der Waals surface area contributed by atoms with Crippen LogP contribution in [-0.4, -0.2) is 9.97 Å². The summed E-state index contributed by atoms with van der Waals surface area (Å²) in [7, 11) is 0. The van der Waals surface area contributed by atoms with E-state index in [2.05, 4.69) is 22.1 Å². The number of benzene rings is 1. The van der Waals surface area contributed by atoms with Crippen molar-refractivity contribution in [1.82, 2.24) is 9.97 Å². The first-order valence-corrected chi connectivity index (χ1v) is 4.46. The predicted molar refractivity (Wildman–Crippen MR) is 55.7 cm³/mol. The van der Waals surface area contributed by atoms with Crippen LogP contribution in [0.4, 0.5) is 5.95 Å². The zero-order valence-corrected chi connectivity index (χ0v) is 7.72. The van der Waals surface area contributed by atoms with Crippen LogP contribution in [0, 0.1) is 0 Å². The lowest BCUT2D eigenvalue weighted by molar-refractivity contribution is 1.04. The van der Waals surface area contributed by atoms with Crippen LogP contribution in [0.3, 0.4) is 0 Å². The summed E-state index contributed by atoms with van der Waals surface area (Å²) in [6.45, 7) is 0. The van der Waals surface area contributed by atoms with Crippen molar-refractivity contribution in [3.63, 3.8) is 0 Å². The minimum Gasteiger partial charge on any atom is -0.368 e. The van der Waals surface area contributed by atoms with E-state index in [4.69, 9.17) is 5.73 Å². The normalized spacial score (nSPS) is 10.0. The van der Waals surface area contributed by atoms with E-state index >= 15 is 0 Å². The first kappa shape index (κ1) is 8.69. The van der Waals surface area contributed by atoms with Crippen LogP contribution in [0.15, 0.2) is 42.6 Å². The van der Waals surface area contributed by atoms with Crippen LogP contribution in [0.25, 0.3) is 0 Å². The molecule has 70 valence electrons. The van der Waals surface area contributed by atoms with Crippen molar-refractivity contribution < 1.29 is 0 Å². The Labute approximate surface area is 82.6 Å². The summed E-state index contributed by atoms with van der Waals surface area (Å²) in [5, 5.41) is 0. The fourth-order valence-electron chi connectivity index (χ4n) is 1.32. The van der Waals surface area contributed by atoms with Gasteiger partial charge in [-0.05, 0) is 11.6 Å². The summed E-state index contributed by atoms with van der Waals surface area (Å²) in [5.74, 6) is 0.332. The van der Waals surface area contributed by atoms with Gasteiger partial charge in [-0.2, -0.15) is 0 Å². The number of rotatable bonds is 2. The van der Waals surface area contributed by atoms with E-state index in [1.165, 1.54) is 5.56 Å². The van der Waals surface area contributed by atoms with Crippen molar-refractivity contribution >= 4 is 5.95 Å². The third kappa shape index (κ3) is 2.07. The van der Waals surface area contributed by atoms with Gasteiger partial charge in [0.05, 0.1) is 5.69 Å². The van der Waals surface area contributed by atoms with E-state index in [1.807, 2.05) is 24.3 Å². The van der Waals surface area contributed by atoms with Crippen LogP contribution >= 0.6 is 0 Å². The van der Waals surface area contributed by atoms with E-state index in [0.717, 1.165) is 12.1 Å². The quantitative estimate of drug-likeness (QED) is 0.774. The maximum absolute atomic E-state index is 5.49. The molecule has 0 saturated heterocycles. The van der Waals surface area contributed by atoms with Crippen molar-refractivity contribution in [3.05, 3.63) is 53.9 Å². The van der Waals surface area contributed by atoms with E-state index in [-0.39, 0.29) is 0 Å².